The van der Waals surface area contributed by atoms with Gasteiger partial charge < -0.3 is 14.2 Å². The molecule has 1 unspecified atom stereocenters. The first-order valence-electron chi connectivity index (χ1n) is 8.43. The molecule has 1 aliphatic carbocycles. The average Bonchev–Trinajstić information content (AvgIpc) is 2.91. The van der Waals surface area contributed by atoms with Crippen LogP contribution in [0.1, 0.15) is 59.8 Å². The highest BCUT2D eigenvalue weighted by Gasteiger charge is 2.50. The van der Waals surface area contributed by atoms with Crippen molar-refractivity contribution < 1.29 is 14.2 Å². The van der Waals surface area contributed by atoms with Crippen molar-refractivity contribution >= 4 is 0 Å². The van der Waals surface area contributed by atoms with E-state index in [2.05, 4.69) is 39.6 Å². The molecular weight excluding hydrogens is 266 g/mol. The number of nitrogens with zero attached hydrogens (tertiary/aromatic N) is 1. The predicted octanol–water partition coefficient (Wildman–Crippen LogP) is 2.95. The summed E-state index contributed by atoms with van der Waals surface area (Å²) < 4.78 is 18.0. The van der Waals surface area contributed by atoms with E-state index in [1.165, 1.54) is 0 Å². The highest BCUT2D eigenvalue weighted by molar-refractivity contribution is 5.01. The van der Waals surface area contributed by atoms with Crippen LogP contribution in [0.2, 0.25) is 0 Å². The summed E-state index contributed by atoms with van der Waals surface area (Å²) in [6.07, 6.45) is 5.47. The van der Waals surface area contributed by atoms with Crippen molar-refractivity contribution in [3.05, 3.63) is 0 Å². The van der Waals surface area contributed by atoms with Gasteiger partial charge in [-0.3, -0.25) is 4.90 Å². The van der Waals surface area contributed by atoms with Crippen molar-refractivity contribution in [3.8, 4) is 0 Å². The largest absolute Gasteiger partial charge is 0.368 e. The Balaban J connectivity index is 1.63. The maximum Gasteiger partial charge on any atom is 0.168 e. The van der Waals surface area contributed by atoms with E-state index in [0.717, 1.165) is 45.3 Å². The molecule has 3 rings (SSSR count). The lowest BCUT2D eigenvalue weighted by molar-refractivity contribution is -0.185. The molecule has 2 heterocycles. The molecule has 21 heavy (non-hydrogen) atoms. The SMILES string of the molecule is CN(C1CCC2(CC1)OCCO2)C1CC(C)(C)OC1(C)C. The summed E-state index contributed by atoms with van der Waals surface area (Å²) >= 11 is 0. The average molecular weight is 297 g/mol. The summed E-state index contributed by atoms with van der Waals surface area (Å²) in [7, 11) is 2.27. The molecule has 122 valence electrons. The Labute approximate surface area is 129 Å². The van der Waals surface area contributed by atoms with Crippen LogP contribution in [0.5, 0.6) is 0 Å². The molecular formula is C17H31NO3. The summed E-state index contributed by atoms with van der Waals surface area (Å²) in [5.74, 6) is -0.252. The standard InChI is InChI=1S/C17H31NO3/c1-15(2)12-14(16(3,4)21-15)18(5)13-6-8-17(9-7-13)19-10-11-20-17/h13-14H,6-12H2,1-5H3. The molecule has 1 atom stereocenters. The van der Waals surface area contributed by atoms with E-state index in [-0.39, 0.29) is 17.0 Å². The van der Waals surface area contributed by atoms with Crippen LogP contribution in [0.4, 0.5) is 0 Å². The Hall–Kier alpha value is -0.160. The first-order chi connectivity index (χ1) is 9.73. The van der Waals surface area contributed by atoms with Gasteiger partial charge in [-0.15, -0.1) is 0 Å². The second-order valence-corrected chi connectivity index (χ2v) is 8.19. The first-order valence-corrected chi connectivity index (χ1v) is 8.43. The zero-order valence-electron chi connectivity index (χ0n) is 14.3. The summed E-state index contributed by atoms with van der Waals surface area (Å²) in [5.41, 5.74) is -0.0935. The fourth-order valence-electron chi connectivity index (χ4n) is 4.66. The minimum atomic E-state index is -0.252. The van der Waals surface area contributed by atoms with E-state index in [1.54, 1.807) is 0 Å². The van der Waals surface area contributed by atoms with Crippen LogP contribution in [-0.2, 0) is 14.2 Å². The number of hydrogen-bond acceptors (Lipinski definition) is 4. The molecule has 1 saturated carbocycles. The number of likely N-dealkylation sites (N-methyl/N-ethyl adjacent to an activating group) is 1. The second-order valence-electron chi connectivity index (χ2n) is 8.19. The van der Waals surface area contributed by atoms with Gasteiger partial charge >= 0.3 is 0 Å². The molecule has 0 amide bonds. The van der Waals surface area contributed by atoms with Crippen LogP contribution >= 0.6 is 0 Å². The van der Waals surface area contributed by atoms with Gasteiger partial charge in [-0.05, 0) is 54.0 Å². The van der Waals surface area contributed by atoms with Crippen molar-refractivity contribution in [1.82, 2.24) is 4.90 Å². The normalized spacial score (nSPS) is 34.9. The highest BCUT2D eigenvalue weighted by atomic mass is 16.7. The molecule has 0 N–H and O–H groups in total. The molecule has 4 nitrogen and oxygen atoms in total. The lowest BCUT2D eigenvalue weighted by atomic mass is 9.86. The van der Waals surface area contributed by atoms with Crippen LogP contribution in [0, 0.1) is 0 Å². The lowest BCUT2D eigenvalue weighted by Gasteiger charge is -2.43. The first kappa shape index (κ1) is 15.7. The third-order valence-electron chi connectivity index (χ3n) is 5.62. The zero-order chi connectivity index (χ0) is 15.3. The molecule has 0 aromatic rings. The summed E-state index contributed by atoms with van der Waals surface area (Å²) in [4.78, 5) is 2.57. The predicted molar refractivity (Wildman–Crippen MR) is 82.3 cm³/mol. The van der Waals surface area contributed by atoms with Crippen LogP contribution < -0.4 is 0 Å². The zero-order valence-corrected chi connectivity index (χ0v) is 14.3. The van der Waals surface area contributed by atoms with Crippen molar-refractivity contribution in [2.24, 2.45) is 0 Å². The summed E-state index contributed by atoms with van der Waals surface area (Å²) in [6.45, 7) is 10.4. The quantitative estimate of drug-likeness (QED) is 0.784. The number of hydrogen-bond donors (Lipinski definition) is 0. The van der Waals surface area contributed by atoms with Gasteiger partial charge in [0.2, 0.25) is 0 Å². The molecule has 3 fully saturated rings. The Bertz CT molecular complexity index is 377. The molecule has 3 aliphatic rings. The minimum absolute atomic E-state index is 0.0179. The van der Waals surface area contributed by atoms with Crippen molar-refractivity contribution in [2.45, 2.75) is 88.9 Å². The molecule has 0 radical (unpaired) electrons. The Morgan fingerprint density at radius 1 is 0.952 bits per heavy atom. The molecule has 2 saturated heterocycles. The van der Waals surface area contributed by atoms with E-state index in [9.17, 15) is 0 Å². The van der Waals surface area contributed by atoms with Crippen LogP contribution in [0.25, 0.3) is 0 Å². The molecule has 0 aromatic carbocycles. The number of rotatable bonds is 2. The second kappa shape index (κ2) is 5.19. The van der Waals surface area contributed by atoms with Crippen molar-refractivity contribution in [2.75, 3.05) is 20.3 Å². The van der Waals surface area contributed by atoms with E-state index < -0.39 is 0 Å². The molecule has 2 aliphatic heterocycles. The van der Waals surface area contributed by atoms with Gasteiger partial charge in [0.1, 0.15) is 0 Å². The van der Waals surface area contributed by atoms with Gasteiger partial charge in [0.25, 0.3) is 0 Å². The molecule has 0 aromatic heterocycles. The highest BCUT2D eigenvalue weighted by Crippen LogP contribution is 2.43. The minimum Gasteiger partial charge on any atom is -0.368 e. The van der Waals surface area contributed by atoms with Crippen molar-refractivity contribution in [1.29, 1.82) is 0 Å². The van der Waals surface area contributed by atoms with E-state index in [4.69, 9.17) is 14.2 Å². The summed E-state index contributed by atoms with van der Waals surface area (Å²) in [5, 5.41) is 0. The smallest absolute Gasteiger partial charge is 0.168 e. The molecule has 0 bridgehead atoms. The van der Waals surface area contributed by atoms with Gasteiger partial charge in [-0.25, -0.2) is 0 Å². The molecule has 1 spiro atoms. The monoisotopic (exact) mass is 297 g/mol. The Kier molecular flexibility index (Phi) is 3.89. The van der Waals surface area contributed by atoms with Gasteiger partial charge in [0.05, 0.1) is 24.4 Å². The van der Waals surface area contributed by atoms with Gasteiger partial charge in [0.15, 0.2) is 5.79 Å². The third kappa shape index (κ3) is 3.00. The molecule has 4 heteroatoms. The Morgan fingerprint density at radius 3 is 2.00 bits per heavy atom. The maximum atomic E-state index is 6.26. The van der Waals surface area contributed by atoms with Crippen molar-refractivity contribution in [3.63, 3.8) is 0 Å². The summed E-state index contributed by atoms with van der Waals surface area (Å²) in [6, 6.07) is 1.10. The fourth-order valence-corrected chi connectivity index (χ4v) is 4.66. The van der Waals surface area contributed by atoms with Crippen LogP contribution in [0.3, 0.4) is 0 Å². The van der Waals surface area contributed by atoms with Gasteiger partial charge in [-0.1, -0.05) is 0 Å². The van der Waals surface area contributed by atoms with E-state index >= 15 is 0 Å². The van der Waals surface area contributed by atoms with Gasteiger partial charge in [0, 0.05) is 24.9 Å². The van der Waals surface area contributed by atoms with Gasteiger partial charge in [-0.2, -0.15) is 0 Å². The Morgan fingerprint density at radius 2 is 1.52 bits per heavy atom. The van der Waals surface area contributed by atoms with E-state index in [1.807, 2.05) is 0 Å². The fraction of sp³-hybridized carbons (Fsp3) is 1.00. The van der Waals surface area contributed by atoms with Crippen LogP contribution in [0.15, 0.2) is 0 Å². The number of ether oxygens (including phenoxy) is 3. The third-order valence-corrected chi connectivity index (χ3v) is 5.62. The van der Waals surface area contributed by atoms with E-state index in [0.29, 0.717) is 12.1 Å². The topological polar surface area (TPSA) is 30.9 Å². The van der Waals surface area contributed by atoms with Crippen LogP contribution in [-0.4, -0.2) is 54.2 Å². The maximum absolute atomic E-state index is 6.26. The lowest BCUT2D eigenvalue weighted by Crippen LogP contribution is -2.51.